The van der Waals surface area contributed by atoms with Crippen LogP contribution < -0.4 is 5.73 Å². The molecule has 0 amide bonds. The summed E-state index contributed by atoms with van der Waals surface area (Å²) in [6.45, 7) is 4.02. The second-order valence-electron chi connectivity index (χ2n) is 4.02. The van der Waals surface area contributed by atoms with Gasteiger partial charge >= 0.3 is 0 Å². The maximum absolute atomic E-state index is 11.7. The van der Waals surface area contributed by atoms with Crippen LogP contribution in [0, 0.1) is 0 Å². The lowest BCUT2D eigenvalue weighted by Gasteiger charge is -2.38. The summed E-state index contributed by atoms with van der Waals surface area (Å²) in [5, 5.41) is 0. The standard InChI is InChI=1S/C8H16N2O2S2/c1-8(2,7(9)13)10-5-3-4-6-14(10,11)12/h3-6H2,1-2H3,(H2,9,13). The molecule has 0 aromatic carbocycles. The van der Waals surface area contributed by atoms with E-state index in [0.717, 1.165) is 12.8 Å². The first-order valence-corrected chi connectivity index (χ1v) is 6.60. The molecule has 82 valence electrons. The highest BCUT2D eigenvalue weighted by Crippen LogP contribution is 2.24. The first-order valence-electron chi connectivity index (χ1n) is 4.59. The number of nitrogens with zero attached hydrogens (tertiary/aromatic N) is 1. The number of hydrogen-bond donors (Lipinski definition) is 1. The second-order valence-corrected chi connectivity index (χ2v) is 6.47. The van der Waals surface area contributed by atoms with E-state index in [1.165, 1.54) is 4.31 Å². The third kappa shape index (κ3) is 2.07. The minimum Gasteiger partial charge on any atom is -0.392 e. The second kappa shape index (κ2) is 3.75. The van der Waals surface area contributed by atoms with E-state index in [9.17, 15) is 8.42 Å². The molecule has 0 saturated carbocycles. The van der Waals surface area contributed by atoms with Gasteiger partial charge in [0.05, 0.1) is 16.3 Å². The molecule has 1 fully saturated rings. The molecule has 0 aromatic heterocycles. The quantitative estimate of drug-likeness (QED) is 0.708. The lowest BCUT2D eigenvalue weighted by atomic mass is 10.1. The largest absolute Gasteiger partial charge is 0.392 e. The van der Waals surface area contributed by atoms with Crippen LogP contribution in [0.3, 0.4) is 0 Å². The van der Waals surface area contributed by atoms with Crippen molar-refractivity contribution in [1.82, 2.24) is 4.31 Å². The fourth-order valence-corrected chi connectivity index (χ4v) is 3.70. The molecule has 1 aliphatic rings. The van der Waals surface area contributed by atoms with Gasteiger partial charge in [-0.1, -0.05) is 12.2 Å². The highest BCUT2D eigenvalue weighted by molar-refractivity contribution is 7.89. The minimum absolute atomic E-state index is 0.207. The third-order valence-corrected chi connectivity index (χ3v) is 5.19. The van der Waals surface area contributed by atoms with Crippen LogP contribution in [0.4, 0.5) is 0 Å². The fraction of sp³-hybridized carbons (Fsp3) is 0.875. The number of thiocarbonyl (C=S) groups is 1. The monoisotopic (exact) mass is 236 g/mol. The predicted octanol–water partition coefficient (Wildman–Crippen LogP) is 0.477. The Morgan fingerprint density at radius 3 is 2.43 bits per heavy atom. The van der Waals surface area contributed by atoms with Crippen molar-refractivity contribution in [2.45, 2.75) is 32.2 Å². The summed E-state index contributed by atoms with van der Waals surface area (Å²) in [7, 11) is -3.16. The SMILES string of the molecule is CC(C)(C(N)=S)N1CCCCS1(=O)=O. The van der Waals surface area contributed by atoms with E-state index in [4.69, 9.17) is 18.0 Å². The van der Waals surface area contributed by atoms with Gasteiger partial charge in [-0.15, -0.1) is 0 Å². The van der Waals surface area contributed by atoms with E-state index in [0.29, 0.717) is 6.54 Å². The van der Waals surface area contributed by atoms with Crippen molar-refractivity contribution in [3.63, 3.8) is 0 Å². The van der Waals surface area contributed by atoms with E-state index < -0.39 is 15.6 Å². The molecule has 4 nitrogen and oxygen atoms in total. The minimum atomic E-state index is -3.16. The Morgan fingerprint density at radius 1 is 1.43 bits per heavy atom. The smallest absolute Gasteiger partial charge is 0.214 e. The zero-order valence-electron chi connectivity index (χ0n) is 8.49. The zero-order chi connectivity index (χ0) is 11.0. The number of nitrogens with two attached hydrogens (primary N) is 1. The van der Waals surface area contributed by atoms with Gasteiger partial charge in [0.15, 0.2) is 0 Å². The van der Waals surface area contributed by atoms with E-state index in [1.54, 1.807) is 13.8 Å². The van der Waals surface area contributed by atoms with Gasteiger partial charge in [-0.3, -0.25) is 0 Å². The average molecular weight is 236 g/mol. The Morgan fingerprint density at radius 2 is 2.00 bits per heavy atom. The number of sulfonamides is 1. The zero-order valence-corrected chi connectivity index (χ0v) is 10.1. The van der Waals surface area contributed by atoms with Crippen molar-refractivity contribution in [2.75, 3.05) is 12.3 Å². The van der Waals surface area contributed by atoms with Crippen LogP contribution in [0.1, 0.15) is 26.7 Å². The maximum Gasteiger partial charge on any atom is 0.214 e. The van der Waals surface area contributed by atoms with Crippen molar-refractivity contribution < 1.29 is 8.42 Å². The molecule has 0 radical (unpaired) electrons. The first kappa shape index (κ1) is 11.9. The molecule has 0 unspecified atom stereocenters. The molecule has 1 aliphatic heterocycles. The van der Waals surface area contributed by atoms with Crippen LogP contribution in [0.2, 0.25) is 0 Å². The molecule has 0 aliphatic carbocycles. The lowest BCUT2D eigenvalue weighted by molar-refractivity contribution is 0.285. The third-order valence-electron chi connectivity index (χ3n) is 2.58. The van der Waals surface area contributed by atoms with Crippen molar-refractivity contribution >= 4 is 27.2 Å². The van der Waals surface area contributed by atoms with E-state index in [2.05, 4.69) is 0 Å². The Labute approximate surface area is 90.5 Å². The molecule has 2 N–H and O–H groups in total. The van der Waals surface area contributed by atoms with Crippen LogP contribution in [0.15, 0.2) is 0 Å². The molecule has 0 aromatic rings. The van der Waals surface area contributed by atoms with Crippen LogP contribution >= 0.6 is 12.2 Å². The highest BCUT2D eigenvalue weighted by Gasteiger charge is 2.39. The predicted molar refractivity (Wildman–Crippen MR) is 60.6 cm³/mol. The molecule has 14 heavy (non-hydrogen) atoms. The van der Waals surface area contributed by atoms with Crippen molar-refractivity contribution in [3.8, 4) is 0 Å². The Bertz CT molecular complexity index is 335. The molecule has 0 bridgehead atoms. The molecule has 6 heteroatoms. The van der Waals surface area contributed by atoms with Gasteiger partial charge in [-0.25, -0.2) is 8.42 Å². The summed E-state index contributed by atoms with van der Waals surface area (Å²) in [5.41, 5.74) is 4.81. The van der Waals surface area contributed by atoms with Gasteiger partial charge in [-0.2, -0.15) is 4.31 Å². The lowest BCUT2D eigenvalue weighted by Crippen LogP contribution is -2.57. The van der Waals surface area contributed by atoms with Gasteiger partial charge < -0.3 is 5.73 Å². The number of rotatable bonds is 2. The summed E-state index contributed by atoms with van der Waals surface area (Å²) in [6.07, 6.45) is 1.61. The van der Waals surface area contributed by atoms with Crippen LogP contribution in [-0.2, 0) is 10.0 Å². The van der Waals surface area contributed by atoms with E-state index >= 15 is 0 Å². The van der Waals surface area contributed by atoms with Crippen LogP contribution in [0.5, 0.6) is 0 Å². The molecule has 1 heterocycles. The molecule has 1 saturated heterocycles. The van der Waals surface area contributed by atoms with Gasteiger partial charge in [0.25, 0.3) is 0 Å². The Kier molecular flexibility index (Phi) is 3.18. The first-order chi connectivity index (χ1) is 6.28. The molecular weight excluding hydrogens is 220 g/mol. The molecular formula is C8H16N2O2S2. The molecule has 0 spiro atoms. The Balaban J connectivity index is 3.01. The highest BCUT2D eigenvalue weighted by atomic mass is 32.2. The summed E-state index contributed by atoms with van der Waals surface area (Å²) < 4.78 is 24.9. The van der Waals surface area contributed by atoms with Gasteiger partial charge in [0, 0.05) is 6.54 Å². The maximum atomic E-state index is 11.7. The van der Waals surface area contributed by atoms with Crippen molar-refractivity contribution in [3.05, 3.63) is 0 Å². The molecule has 1 rings (SSSR count). The van der Waals surface area contributed by atoms with E-state index in [-0.39, 0.29) is 10.7 Å². The topological polar surface area (TPSA) is 63.4 Å². The molecule has 0 atom stereocenters. The van der Waals surface area contributed by atoms with Gasteiger partial charge in [0.2, 0.25) is 10.0 Å². The van der Waals surface area contributed by atoms with Crippen molar-refractivity contribution in [1.29, 1.82) is 0 Å². The van der Waals surface area contributed by atoms with Crippen molar-refractivity contribution in [2.24, 2.45) is 5.73 Å². The van der Waals surface area contributed by atoms with Gasteiger partial charge in [-0.05, 0) is 26.7 Å². The Hall–Kier alpha value is -0.200. The van der Waals surface area contributed by atoms with Crippen LogP contribution in [0.25, 0.3) is 0 Å². The average Bonchev–Trinajstić information content (AvgIpc) is 2.02. The number of hydrogen-bond acceptors (Lipinski definition) is 3. The summed E-state index contributed by atoms with van der Waals surface area (Å²) >= 11 is 4.89. The summed E-state index contributed by atoms with van der Waals surface area (Å²) in [4.78, 5) is 0.225. The van der Waals surface area contributed by atoms with Crippen LogP contribution in [-0.4, -0.2) is 35.5 Å². The van der Waals surface area contributed by atoms with E-state index in [1.807, 2.05) is 0 Å². The fourth-order valence-electron chi connectivity index (χ4n) is 1.54. The van der Waals surface area contributed by atoms with Gasteiger partial charge in [0.1, 0.15) is 0 Å². The summed E-state index contributed by atoms with van der Waals surface area (Å²) in [5.74, 6) is 0.207. The summed E-state index contributed by atoms with van der Waals surface area (Å²) in [6, 6.07) is 0. The normalized spacial score (nSPS) is 23.3.